The fourth-order valence-corrected chi connectivity index (χ4v) is 2.78. The maximum atomic E-state index is 12.6. The molecule has 0 aliphatic carbocycles. The summed E-state index contributed by atoms with van der Waals surface area (Å²) in [6, 6.07) is 6.65. The fourth-order valence-electron chi connectivity index (χ4n) is 2.78. The van der Waals surface area contributed by atoms with Crippen molar-refractivity contribution in [2.75, 3.05) is 19.7 Å². The van der Waals surface area contributed by atoms with Crippen molar-refractivity contribution in [2.45, 2.75) is 52.1 Å². The second-order valence-corrected chi connectivity index (χ2v) is 8.16. The molecular formula is C21H29N3O5. The molecule has 0 spiro atoms. The van der Waals surface area contributed by atoms with E-state index >= 15 is 0 Å². The summed E-state index contributed by atoms with van der Waals surface area (Å²) in [6.45, 7) is 9.07. The van der Waals surface area contributed by atoms with Gasteiger partial charge in [-0.15, -0.1) is 0 Å². The quantitative estimate of drug-likeness (QED) is 0.328. The van der Waals surface area contributed by atoms with Crippen LogP contribution in [0.25, 0.3) is 0 Å². The van der Waals surface area contributed by atoms with Crippen molar-refractivity contribution >= 4 is 23.4 Å². The lowest BCUT2D eigenvalue weighted by molar-refractivity contribution is -0.128. The topological polar surface area (TPSA) is 105 Å². The molecule has 8 nitrogen and oxygen atoms in total. The molecule has 2 amide bonds. The summed E-state index contributed by atoms with van der Waals surface area (Å²) in [5.74, 6) is -0.895. The molecule has 0 atom stereocenters. The molecule has 0 unspecified atom stereocenters. The van der Waals surface area contributed by atoms with Gasteiger partial charge in [0.15, 0.2) is 11.6 Å². The first kappa shape index (κ1) is 22.9. The average molecular weight is 403 g/mol. The zero-order chi connectivity index (χ0) is 21.8. The number of hydroxylamine groups is 1. The molecule has 1 heterocycles. The molecule has 1 aromatic carbocycles. The summed E-state index contributed by atoms with van der Waals surface area (Å²) in [5, 5.41) is 3.10. The van der Waals surface area contributed by atoms with E-state index in [1.54, 1.807) is 52.0 Å². The van der Waals surface area contributed by atoms with E-state index in [9.17, 15) is 19.2 Å². The van der Waals surface area contributed by atoms with Crippen LogP contribution < -0.4 is 10.8 Å². The predicted molar refractivity (Wildman–Crippen MR) is 107 cm³/mol. The standard InChI is InChI=1S/C21H29N3O5/c1-14(25)20(2,3)23-29-13-11-22-21(4,5)17(26)10-12-24-18(27)15-8-6-7-9-16(15)19(24)28/h6-9,22-23H,10-13H2,1-5H3. The van der Waals surface area contributed by atoms with E-state index in [0.29, 0.717) is 17.7 Å². The van der Waals surface area contributed by atoms with E-state index in [4.69, 9.17) is 4.84 Å². The fraction of sp³-hybridized carbons (Fsp3) is 0.524. The number of benzene rings is 1. The molecule has 0 saturated carbocycles. The van der Waals surface area contributed by atoms with E-state index in [2.05, 4.69) is 10.8 Å². The van der Waals surface area contributed by atoms with Crippen molar-refractivity contribution in [3.05, 3.63) is 35.4 Å². The van der Waals surface area contributed by atoms with Crippen LogP contribution in [0.5, 0.6) is 0 Å². The predicted octanol–water partition coefficient (Wildman–Crippen LogP) is 1.50. The molecule has 0 aromatic heterocycles. The Morgan fingerprint density at radius 2 is 1.55 bits per heavy atom. The molecule has 29 heavy (non-hydrogen) atoms. The maximum absolute atomic E-state index is 12.6. The van der Waals surface area contributed by atoms with Gasteiger partial charge in [0.2, 0.25) is 0 Å². The highest BCUT2D eigenvalue weighted by Gasteiger charge is 2.36. The molecule has 0 radical (unpaired) electrons. The van der Waals surface area contributed by atoms with Crippen LogP contribution in [0.1, 0.15) is 61.8 Å². The summed E-state index contributed by atoms with van der Waals surface area (Å²) < 4.78 is 0. The van der Waals surface area contributed by atoms with Crippen LogP contribution in [0.2, 0.25) is 0 Å². The van der Waals surface area contributed by atoms with Crippen LogP contribution in [0.4, 0.5) is 0 Å². The van der Waals surface area contributed by atoms with Gasteiger partial charge in [-0.2, -0.15) is 5.48 Å². The van der Waals surface area contributed by atoms with Crippen molar-refractivity contribution in [1.82, 2.24) is 15.7 Å². The van der Waals surface area contributed by atoms with Crippen molar-refractivity contribution < 1.29 is 24.0 Å². The summed E-state index contributed by atoms with van der Waals surface area (Å²) in [4.78, 5) is 55.2. The number of carbonyl (C=O) groups excluding carboxylic acids is 4. The zero-order valence-corrected chi connectivity index (χ0v) is 17.6. The molecule has 1 aromatic rings. The summed E-state index contributed by atoms with van der Waals surface area (Å²) in [6.07, 6.45) is 0.0575. The summed E-state index contributed by atoms with van der Waals surface area (Å²) in [7, 11) is 0. The number of imide groups is 1. The Morgan fingerprint density at radius 1 is 1.00 bits per heavy atom. The smallest absolute Gasteiger partial charge is 0.261 e. The Kier molecular flexibility index (Phi) is 7.05. The molecule has 2 rings (SSSR count). The molecule has 8 heteroatoms. The third kappa shape index (κ3) is 5.35. The highest BCUT2D eigenvalue weighted by Crippen LogP contribution is 2.23. The highest BCUT2D eigenvalue weighted by atomic mass is 16.6. The SMILES string of the molecule is CC(=O)C(C)(C)NOCCNC(C)(C)C(=O)CCN1C(=O)c2ccccc2C1=O. The van der Waals surface area contributed by atoms with Crippen LogP contribution in [0, 0.1) is 0 Å². The average Bonchev–Trinajstić information content (AvgIpc) is 2.90. The van der Waals surface area contributed by atoms with Gasteiger partial charge in [-0.05, 0) is 46.8 Å². The van der Waals surface area contributed by atoms with E-state index in [1.807, 2.05) is 0 Å². The Balaban J connectivity index is 1.79. The lowest BCUT2D eigenvalue weighted by Gasteiger charge is -2.27. The van der Waals surface area contributed by atoms with Crippen molar-refractivity contribution in [1.29, 1.82) is 0 Å². The molecule has 1 aliphatic heterocycles. The number of carbonyl (C=O) groups is 4. The first-order chi connectivity index (χ1) is 13.5. The van der Waals surface area contributed by atoms with Crippen LogP contribution in [-0.4, -0.2) is 59.1 Å². The Hall–Kier alpha value is -2.42. The molecule has 0 fully saturated rings. The highest BCUT2D eigenvalue weighted by molar-refractivity contribution is 6.21. The minimum Gasteiger partial charge on any atom is -0.303 e. The van der Waals surface area contributed by atoms with Gasteiger partial charge in [0.05, 0.1) is 28.8 Å². The maximum Gasteiger partial charge on any atom is 0.261 e. The summed E-state index contributed by atoms with van der Waals surface area (Å²) >= 11 is 0. The van der Waals surface area contributed by atoms with Crippen LogP contribution in [0.15, 0.2) is 24.3 Å². The number of nitrogens with one attached hydrogen (secondary N) is 2. The Bertz CT molecular complexity index is 781. The first-order valence-corrected chi connectivity index (χ1v) is 9.61. The third-order valence-corrected chi connectivity index (χ3v) is 5.12. The second-order valence-electron chi connectivity index (χ2n) is 8.16. The molecule has 0 bridgehead atoms. The van der Waals surface area contributed by atoms with Gasteiger partial charge in [0.1, 0.15) is 0 Å². The van der Waals surface area contributed by atoms with Crippen LogP contribution >= 0.6 is 0 Å². The zero-order valence-electron chi connectivity index (χ0n) is 17.6. The number of rotatable bonds is 11. The van der Waals surface area contributed by atoms with Crippen LogP contribution in [-0.2, 0) is 14.4 Å². The number of hydrogen-bond donors (Lipinski definition) is 2. The number of nitrogens with zero attached hydrogens (tertiary/aromatic N) is 1. The Morgan fingerprint density at radius 3 is 2.07 bits per heavy atom. The van der Waals surface area contributed by atoms with E-state index in [1.165, 1.54) is 6.92 Å². The number of amides is 2. The monoisotopic (exact) mass is 403 g/mol. The van der Waals surface area contributed by atoms with Gasteiger partial charge < -0.3 is 5.32 Å². The largest absolute Gasteiger partial charge is 0.303 e. The number of Topliss-reactive ketones (excluding diaryl/α,β-unsaturated/α-hetero) is 2. The Labute approximate surface area is 170 Å². The lowest BCUT2D eigenvalue weighted by Crippen LogP contribution is -2.50. The molecule has 1 aliphatic rings. The van der Waals surface area contributed by atoms with Crippen molar-refractivity contribution in [3.63, 3.8) is 0 Å². The van der Waals surface area contributed by atoms with Gasteiger partial charge in [-0.25, -0.2) is 0 Å². The molecular weight excluding hydrogens is 374 g/mol. The number of fused-ring (bicyclic) bond motifs is 1. The van der Waals surface area contributed by atoms with Gasteiger partial charge in [-0.3, -0.25) is 28.9 Å². The molecule has 2 N–H and O–H groups in total. The minimum absolute atomic E-state index is 0.0428. The number of hydrogen-bond acceptors (Lipinski definition) is 7. The van der Waals surface area contributed by atoms with E-state index in [0.717, 1.165) is 4.90 Å². The van der Waals surface area contributed by atoms with E-state index in [-0.39, 0.29) is 43.0 Å². The van der Waals surface area contributed by atoms with E-state index < -0.39 is 11.1 Å². The number of ketones is 2. The van der Waals surface area contributed by atoms with Gasteiger partial charge in [-0.1, -0.05) is 12.1 Å². The molecule has 158 valence electrons. The van der Waals surface area contributed by atoms with Crippen molar-refractivity contribution in [2.24, 2.45) is 0 Å². The van der Waals surface area contributed by atoms with Crippen LogP contribution in [0.3, 0.4) is 0 Å². The minimum atomic E-state index is -0.849. The van der Waals surface area contributed by atoms with Gasteiger partial charge in [0, 0.05) is 19.5 Å². The third-order valence-electron chi connectivity index (χ3n) is 5.12. The first-order valence-electron chi connectivity index (χ1n) is 9.61. The van der Waals surface area contributed by atoms with Crippen molar-refractivity contribution in [3.8, 4) is 0 Å². The summed E-state index contributed by atoms with van der Waals surface area (Å²) in [5.41, 5.74) is 1.82. The lowest BCUT2D eigenvalue weighted by atomic mass is 9.96. The van der Waals surface area contributed by atoms with Gasteiger partial charge >= 0.3 is 0 Å². The molecule has 0 saturated heterocycles. The van der Waals surface area contributed by atoms with Gasteiger partial charge in [0.25, 0.3) is 11.8 Å². The second kappa shape index (κ2) is 8.94. The normalized spacial score (nSPS) is 14.3.